The third-order valence-electron chi connectivity index (χ3n) is 5.00. The standard InChI is InChI=1S/C19H19ClF3N3O4S/c20-16-9-12(24)8-15(19(21,22)23)17(16)11-3-5-14(6-4-11)31(29,30)25-10-13-2-1-7-26(13)18(27)28/h3-6,8-9,13,25H,1-2,7,10,24H2,(H,27,28). The Morgan fingerprint density at radius 2 is 1.90 bits per heavy atom. The Morgan fingerprint density at radius 1 is 1.26 bits per heavy atom. The number of nitrogens with one attached hydrogen (secondary N) is 1. The maximum absolute atomic E-state index is 13.4. The summed E-state index contributed by atoms with van der Waals surface area (Å²) in [5.74, 6) is 0. The van der Waals surface area contributed by atoms with E-state index in [0.29, 0.717) is 19.4 Å². The molecule has 3 rings (SSSR count). The van der Waals surface area contributed by atoms with E-state index in [0.717, 1.165) is 18.2 Å². The number of benzene rings is 2. The molecule has 1 heterocycles. The van der Waals surface area contributed by atoms with Gasteiger partial charge in [0.15, 0.2) is 0 Å². The molecule has 0 aromatic heterocycles. The van der Waals surface area contributed by atoms with E-state index in [4.69, 9.17) is 22.4 Å². The Bertz CT molecular complexity index is 1090. The van der Waals surface area contributed by atoms with Crippen LogP contribution < -0.4 is 10.5 Å². The Labute approximate surface area is 181 Å². The van der Waals surface area contributed by atoms with Crippen molar-refractivity contribution in [2.75, 3.05) is 18.8 Å². The highest BCUT2D eigenvalue weighted by Gasteiger charge is 2.35. The minimum absolute atomic E-state index is 0.0733. The van der Waals surface area contributed by atoms with E-state index >= 15 is 0 Å². The molecule has 0 radical (unpaired) electrons. The molecule has 0 bridgehead atoms. The number of hydrogen-bond donors (Lipinski definition) is 3. The van der Waals surface area contributed by atoms with Crippen molar-refractivity contribution in [2.24, 2.45) is 0 Å². The van der Waals surface area contributed by atoms with E-state index in [-0.39, 0.29) is 33.3 Å². The van der Waals surface area contributed by atoms with E-state index < -0.39 is 33.9 Å². The first-order valence-electron chi connectivity index (χ1n) is 9.16. The number of carboxylic acid groups (broad SMARTS) is 1. The van der Waals surface area contributed by atoms with Gasteiger partial charge in [-0.25, -0.2) is 17.9 Å². The van der Waals surface area contributed by atoms with Gasteiger partial charge in [0.05, 0.1) is 15.5 Å². The van der Waals surface area contributed by atoms with Crippen LogP contribution in [0.2, 0.25) is 5.02 Å². The zero-order chi connectivity index (χ0) is 23.0. The molecule has 2 aromatic rings. The summed E-state index contributed by atoms with van der Waals surface area (Å²) in [6.45, 7) is 0.235. The third-order valence-corrected chi connectivity index (χ3v) is 6.74. The van der Waals surface area contributed by atoms with Gasteiger partial charge < -0.3 is 15.7 Å². The fourth-order valence-electron chi connectivity index (χ4n) is 3.53. The van der Waals surface area contributed by atoms with Gasteiger partial charge in [0.25, 0.3) is 0 Å². The van der Waals surface area contributed by atoms with E-state index in [9.17, 15) is 26.4 Å². The molecule has 1 amide bonds. The van der Waals surface area contributed by atoms with Crippen LogP contribution in [0.4, 0.5) is 23.7 Å². The number of likely N-dealkylation sites (tertiary alicyclic amines) is 1. The quantitative estimate of drug-likeness (QED) is 0.563. The molecule has 168 valence electrons. The second-order valence-electron chi connectivity index (χ2n) is 7.07. The molecule has 1 aliphatic rings. The third kappa shape index (κ3) is 5.05. The molecule has 1 atom stereocenters. The Hall–Kier alpha value is -2.50. The van der Waals surface area contributed by atoms with Gasteiger partial charge in [0.1, 0.15) is 0 Å². The molecule has 0 spiro atoms. The largest absolute Gasteiger partial charge is 0.465 e. The van der Waals surface area contributed by atoms with Crippen LogP contribution in [0.25, 0.3) is 11.1 Å². The normalized spacial score (nSPS) is 17.2. The average Bonchev–Trinajstić information content (AvgIpc) is 3.14. The summed E-state index contributed by atoms with van der Waals surface area (Å²) in [6.07, 6.45) is -4.66. The van der Waals surface area contributed by atoms with Crippen LogP contribution in [0, 0.1) is 0 Å². The van der Waals surface area contributed by atoms with Gasteiger partial charge in [-0.15, -0.1) is 0 Å². The molecule has 31 heavy (non-hydrogen) atoms. The maximum Gasteiger partial charge on any atom is 0.417 e. The monoisotopic (exact) mass is 477 g/mol. The summed E-state index contributed by atoms with van der Waals surface area (Å²) < 4.78 is 67.8. The van der Waals surface area contributed by atoms with Gasteiger partial charge >= 0.3 is 12.3 Å². The first-order valence-corrected chi connectivity index (χ1v) is 11.0. The number of halogens is 4. The molecule has 1 saturated heterocycles. The van der Waals surface area contributed by atoms with Crippen molar-refractivity contribution in [3.05, 3.63) is 47.0 Å². The highest BCUT2D eigenvalue weighted by molar-refractivity contribution is 7.89. The Morgan fingerprint density at radius 3 is 2.48 bits per heavy atom. The molecule has 1 aliphatic heterocycles. The zero-order valence-electron chi connectivity index (χ0n) is 16.0. The van der Waals surface area contributed by atoms with Crippen molar-refractivity contribution in [3.63, 3.8) is 0 Å². The van der Waals surface area contributed by atoms with Crippen LogP contribution >= 0.6 is 11.6 Å². The molecule has 0 aliphatic carbocycles. The number of anilines is 1. The van der Waals surface area contributed by atoms with Crippen LogP contribution in [0.1, 0.15) is 18.4 Å². The van der Waals surface area contributed by atoms with Crippen molar-refractivity contribution in [1.29, 1.82) is 0 Å². The van der Waals surface area contributed by atoms with E-state index in [2.05, 4.69) is 4.72 Å². The van der Waals surface area contributed by atoms with Crippen LogP contribution in [0.5, 0.6) is 0 Å². The second kappa shape index (κ2) is 8.56. The number of nitrogens with two attached hydrogens (primary N) is 1. The smallest absolute Gasteiger partial charge is 0.417 e. The predicted octanol–water partition coefficient (Wildman–Crippen LogP) is 4.03. The van der Waals surface area contributed by atoms with Gasteiger partial charge in [0, 0.05) is 30.4 Å². The topological polar surface area (TPSA) is 113 Å². The van der Waals surface area contributed by atoms with Gasteiger partial charge in [-0.3, -0.25) is 0 Å². The highest BCUT2D eigenvalue weighted by atomic mass is 35.5. The number of rotatable bonds is 5. The fraction of sp³-hybridized carbons (Fsp3) is 0.316. The van der Waals surface area contributed by atoms with E-state index in [1.54, 1.807) is 0 Å². The molecule has 0 saturated carbocycles. The summed E-state index contributed by atoms with van der Waals surface area (Å²) >= 11 is 6.00. The maximum atomic E-state index is 13.4. The highest BCUT2D eigenvalue weighted by Crippen LogP contribution is 2.42. The van der Waals surface area contributed by atoms with E-state index in [1.165, 1.54) is 23.1 Å². The summed E-state index contributed by atoms with van der Waals surface area (Å²) in [6, 6.07) is 6.25. The molecule has 1 fully saturated rings. The molecule has 7 nitrogen and oxygen atoms in total. The number of amides is 1. The molecule has 2 aromatic carbocycles. The van der Waals surface area contributed by atoms with Gasteiger partial charge in [-0.2, -0.15) is 13.2 Å². The molecular weight excluding hydrogens is 459 g/mol. The minimum Gasteiger partial charge on any atom is -0.465 e. The molecule has 12 heteroatoms. The number of carbonyl (C=O) groups is 1. The lowest BCUT2D eigenvalue weighted by molar-refractivity contribution is -0.137. The number of nitrogens with zero attached hydrogens (tertiary/aromatic N) is 1. The summed E-state index contributed by atoms with van der Waals surface area (Å²) in [5.41, 5.74) is 4.08. The summed E-state index contributed by atoms with van der Waals surface area (Å²) in [5, 5.41) is 8.93. The van der Waals surface area contributed by atoms with Crippen LogP contribution in [0.15, 0.2) is 41.3 Å². The van der Waals surface area contributed by atoms with Crippen LogP contribution in [-0.4, -0.2) is 43.6 Å². The van der Waals surface area contributed by atoms with Crippen LogP contribution in [-0.2, 0) is 16.2 Å². The van der Waals surface area contributed by atoms with E-state index in [1.807, 2.05) is 0 Å². The van der Waals surface area contributed by atoms with Gasteiger partial charge in [-0.05, 0) is 42.7 Å². The number of sulfonamides is 1. The summed E-state index contributed by atoms with van der Waals surface area (Å²) in [7, 11) is -4.00. The fourth-order valence-corrected chi connectivity index (χ4v) is 4.94. The number of alkyl halides is 3. The van der Waals surface area contributed by atoms with Gasteiger partial charge in [-0.1, -0.05) is 23.7 Å². The Balaban J connectivity index is 1.84. The van der Waals surface area contributed by atoms with Crippen molar-refractivity contribution >= 4 is 33.4 Å². The first kappa shape index (κ1) is 23.2. The number of nitrogen functional groups attached to an aromatic ring is 1. The average molecular weight is 478 g/mol. The first-order chi connectivity index (χ1) is 14.4. The minimum atomic E-state index is -4.71. The lowest BCUT2D eigenvalue weighted by Crippen LogP contribution is -2.42. The SMILES string of the molecule is Nc1cc(Cl)c(-c2ccc(S(=O)(=O)NCC3CCCN3C(=O)O)cc2)c(C(F)(F)F)c1. The van der Waals surface area contributed by atoms with Crippen LogP contribution in [0.3, 0.4) is 0 Å². The Kier molecular flexibility index (Phi) is 6.40. The zero-order valence-corrected chi connectivity index (χ0v) is 17.6. The molecular formula is C19H19ClF3N3O4S. The predicted molar refractivity (Wildman–Crippen MR) is 109 cm³/mol. The molecule has 1 unspecified atom stereocenters. The lowest BCUT2D eigenvalue weighted by atomic mass is 9.98. The van der Waals surface area contributed by atoms with Gasteiger partial charge in [0.2, 0.25) is 10.0 Å². The van der Waals surface area contributed by atoms with Crippen molar-refractivity contribution in [2.45, 2.75) is 30.0 Å². The van der Waals surface area contributed by atoms with Crippen molar-refractivity contribution in [1.82, 2.24) is 9.62 Å². The molecule has 4 N–H and O–H groups in total. The lowest BCUT2D eigenvalue weighted by Gasteiger charge is -2.21. The number of hydrogen-bond acceptors (Lipinski definition) is 4. The van der Waals surface area contributed by atoms with Crippen molar-refractivity contribution in [3.8, 4) is 11.1 Å². The van der Waals surface area contributed by atoms with Crippen molar-refractivity contribution < 1.29 is 31.5 Å². The second-order valence-corrected chi connectivity index (χ2v) is 9.25. The summed E-state index contributed by atoms with van der Waals surface area (Å²) in [4.78, 5) is 12.2.